The molecule has 3 aromatic rings. The molecule has 0 unspecified atom stereocenters. The molecule has 1 aliphatic rings. The molecule has 1 atom stereocenters. The molecule has 1 aliphatic heterocycles. The van der Waals surface area contributed by atoms with Gasteiger partial charge in [0.05, 0.1) is 0 Å². The van der Waals surface area contributed by atoms with Crippen molar-refractivity contribution in [1.82, 2.24) is 10.2 Å². The maximum absolute atomic E-state index is 12.6. The predicted octanol–water partition coefficient (Wildman–Crippen LogP) is 4.53. The molecule has 4 rings (SSSR count). The van der Waals surface area contributed by atoms with E-state index in [-0.39, 0.29) is 17.7 Å². The minimum Gasteiger partial charge on any atom is -0.311 e. The van der Waals surface area contributed by atoms with Crippen molar-refractivity contribution in [2.75, 3.05) is 16.8 Å². The molecule has 1 saturated heterocycles. The molecule has 0 bridgehead atoms. The van der Waals surface area contributed by atoms with Gasteiger partial charge in [-0.05, 0) is 42.3 Å². The summed E-state index contributed by atoms with van der Waals surface area (Å²) < 4.78 is 0. The number of rotatable bonds is 5. The molecule has 1 N–H and O–H groups in total. The summed E-state index contributed by atoms with van der Waals surface area (Å²) in [6.07, 6.45) is 1.25. The number of hydrogen-bond acceptors (Lipinski definition) is 5. The number of aryl methyl sites for hydroxylation is 1. The van der Waals surface area contributed by atoms with Gasteiger partial charge >= 0.3 is 0 Å². The van der Waals surface area contributed by atoms with Gasteiger partial charge in [-0.1, -0.05) is 48.1 Å². The van der Waals surface area contributed by atoms with Gasteiger partial charge < -0.3 is 4.90 Å². The van der Waals surface area contributed by atoms with Gasteiger partial charge in [0.15, 0.2) is 0 Å². The van der Waals surface area contributed by atoms with Gasteiger partial charge in [0, 0.05) is 35.2 Å². The zero-order chi connectivity index (χ0) is 20.4. The third kappa shape index (κ3) is 4.16. The summed E-state index contributed by atoms with van der Waals surface area (Å²) in [5.74, 6) is -0.227. The highest BCUT2D eigenvalue weighted by Crippen LogP contribution is 2.35. The van der Waals surface area contributed by atoms with Crippen LogP contribution < -0.4 is 10.2 Å². The third-order valence-corrected chi connectivity index (χ3v) is 6.16. The number of hydrogen-bond donors (Lipinski definition) is 1. The maximum atomic E-state index is 12.6. The van der Waals surface area contributed by atoms with E-state index in [1.165, 1.54) is 11.3 Å². The van der Waals surface area contributed by atoms with Gasteiger partial charge in [0.25, 0.3) is 5.91 Å². The first-order valence-electron chi connectivity index (χ1n) is 9.33. The maximum Gasteiger partial charge on any atom is 0.257 e. The molecule has 0 aliphatic carbocycles. The average Bonchev–Trinajstić information content (AvgIpc) is 3.35. The zero-order valence-corrected chi connectivity index (χ0v) is 17.3. The number of amides is 2. The first-order chi connectivity index (χ1) is 14.0. The standard InChI is InChI=1S/C21H19ClN4O2S/c1-2-13-5-3-4-6-17(13)26-12-15(11-18(26)27)20-24-25-21(29-20)23-19(28)14-7-9-16(22)10-8-14/h3-10,15H,2,11-12H2,1H3,(H,23,25,28)/t15-/m0/s1. The van der Waals surface area contributed by atoms with Crippen LogP contribution in [-0.2, 0) is 11.2 Å². The van der Waals surface area contributed by atoms with Crippen LogP contribution in [0.2, 0.25) is 5.02 Å². The first-order valence-corrected chi connectivity index (χ1v) is 10.5. The highest BCUT2D eigenvalue weighted by molar-refractivity contribution is 7.15. The lowest BCUT2D eigenvalue weighted by Gasteiger charge is -2.19. The van der Waals surface area contributed by atoms with Crippen molar-refractivity contribution >= 4 is 45.6 Å². The lowest BCUT2D eigenvalue weighted by Crippen LogP contribution is -2.25. The lowest BCUT2D eigenvalue weighted by atomic mass is 10.1. The zero-order valence-electron chi connectivity index (χ0n) is 15.8. The van der Waals surface area contributed by atoms with E-state index < -0.39 is 0 Å². The highest BCUT2D eigenvalue weighted by Gasteiger charge is 2.34. The van der Waals surface area contributed by atoms with Crippen LogP contribution in [0.1, 0.15) is 40.2 Å². The molecule has 1 aromatic heterocycles. The normalized spacial score (nSPS) is 16.3. The Bertz CT molecular complexity index is 1050. The average molecular weight is 427 g/mol. The summed E-state index contributed by atoms with van der Waals surface area (Å²) >= 11 is 7.16. The van der Waals surface area contributed by atoms with Gasteiger partial charge in [-0.15, -0.1) is 10.2 Å². The summed E-state index contributed by atoms with van der Waals surface area (Å²) in [6, 6.07) is 14.6. The number of nitrogens with one attached hydrogen (secondary N) is 1. The number of anilines is 2. The fraction of sp³-hybridized carbons (Fsp3) is 0.238. The van der Waals surface area contributed by atoms with Crippen molar-refractivity contribution in [3.63, 3.8) is 0 Å². The molecular formula is C21H19ClN4O2S. The van der Waals surface area contributed by atoms with E-state index in [4.69, 9.17) is 11.6 Å². The Labute approximate surface area is 177 Å². The number of aromatic nitrogens is 2. The molecule has 29 heavy (non-hydrogen) atoms. The smallest absolute Gasteiger partial charge is 0.257 e. The number of carbonyl (C=O) groups excluding carboxylic acids is 2. The van der Waals surface area contributed by atoms with Gasteiger partial charge in [-0.25, -0.2) is 0 Å². The SMILES string of the molecule is CCc1ccccc1N1C[C@@H](c2nnc(NC(=O)c3ccc(Cl)cc3)s2)CC1=O. The van der Waals surface area contributed by atoms with Crippen molar-refractivity contribution < 1.29 is 9.59 Å². The Morgan fingerprint density at radius 1 is 1.21 bits per heavy atom. The number of para-hydroxylation sites is 1. The quantitative estimate of drug-likeness (QED) is 0.650. The fourth-order valence-corrected chi connectivity index (χ4v) is 4.36. The first kappa shape index (κ1) is 19.5. The van der Waals surface area contributed by atoms with Crippen molar-refractivity contribution in [1.29, 1.82) is 0 Å². The molecule has 1 fully saturated rings. The van der Waals surface area contributed by atoms with Crippen molar-refractivity contribution in [3.8, 4) is 0 Å². The van der Waals surface area contributed by atoms with Gasteiger partial charge in [0.2, 0.25) is 11.0 Å². The van der Waals surface area contributed by atoms with Crippen molar-refractivity contribution in [2.24, 2.45) is 0 Å². The third-order valence-electron chi connectivity index (χ3n) is 4.91. The second-order valence-electron chi connectivity index (χ2n) is 6.79. The van der Waals surface area contributed by atoms with E-state index in [1.807, 2.05) is 29.2 Å². The van der Waals surface area contributed by atoms with Crippen LogP contribution >= 0.6 is 22.9 Å². The van der Waals surface area contributed by atoms with Crippen LogP contribution in [0.15, 0.2) is 48.5 Å². The number of nitrogens with zero attached hydrogens (tertiary/aromatic N) is 3. The van der Waals surface area contributed by atoms with Crippen LogP contribution in [-0.4, -0.2) is 28.6 Å². The summed E-state index contributed by atoms with van der Waals surface area (Å²) in [5, 5.41) is 12.8. The Morgan fingerprint density at radius 3 is 2.72 bits per heavy atom. The Kier molecular flexibility index (Phi) is 5.60. The van der Waals surface area contributed by atoms with E-state index >= 15 is 0 Å². The van der Waals surface area contributed by atoms with Crippen LogP contribution in [0.3, 0.4) is 0 Å². The second-order valence-corrected chi connectivity index (χ2v) is 8.24. The molecule has 6 nitrogen and oxygen atoms in total. The molecule has 8 heteroatoms. The van der Waals surface area contributed by atoms with Crippen molar-refractivity contribution in [3.05, 3.63) is 69.7 Å². The van der Waals surface area contributed by atoms with Crippen LogP contribution in [0.25, 0.3) is 0 Å². The van der Waals surface area contributed by atoms with E-state index in [0.717, 1.165) is 22.7 Å². The number of benzene rings is 2. The van der Waals surface area contributed by atoms with Crippen LogP contribution in [0.5, 0.6) is 0 Å². The summed E-state index contributed by atoms with van der Waals surface area (Å²) in [4.78, 5) is 26.8. The van der Waals surface area contributed by atoms with E-state index in [9.17, 15) is 9.59 Å². The minimum atomic E-state index is -0.273. The van der Waals surface area contributed by atoms with E-state index in [1.54, 1.807) is 24.3 Å². The van der Waals surface area contributed by atoms with E-state index in [0.29, 0.717) is 28.7 Å². The molecule has 0 radical (unpaired) electrons. The van der Waals surface area contributed by atoms with Crippen LogP contribution in [0.4, 0.5) is 10.8 Å². The minimum absolute atomic E-state index is 0.0360. The molecule has 0 spiro atoms. The van der Waals surface area contributed by atoms with Crippen LogP contribution in [0, 0.1) is 0 Å². The molecular weight excluding hydrogens is 408 g/mol. The topological polar surface area (TPSA) is 75.2 Å². The molecule has 2 aromatic carbocycles. The summed E-state index contributed by atoms with van der Waals surface area (Å²) in [6.45, 7) is 2.65. The van der Waals surface area contributed by atoms with E-state index in [2.05, 4.69) is 22.4 Å². The number of halogens is 1. The Balaban J connectivity index is 1.46. The lowest BCUT2D eigenvalue weighted by molar-refractivity contribution is -0.117. The molecule has 0 saturated carbocycles. The Hall–Kier alpha value is -2.77. The predicted molar refractivity (Wildman–Crippen MR) is 115 cm³/mol. The van der Waals surface area contributed by atoms with Gasteiger partial charge in [-0.3, -0.25) is 14.9 Å². The largest absolute Gasteiger partial charge is 0.311 e. The molecule has 2 amide bonds. The molecule has 2 heterocycles. The van der Waals surface area contributed by atoms with Crippen molar-refractivity contribution in [2.45, 2.75) is 25.7 Å². The van der Waals surface area contributed by atoms with Gasteiger partial charge in [0.1, 0.15) is 5.01 Å². The molecule has 148 valence electrons. The summed E-state index contributed by atoms with van der Waals surface area (Å²) in [7, 11) is 0. The Morgan fingerprint density at radius 2 is 1.97 bits per heavy atom. The highest BCUT2D eigenvalue weighted by atomic mass is 35.5. The monoisotopic (exact) mass is 426 g/mol. The fourth-order valence-electron chi connectivity index (χ4n) is 3.40. The second kappa shape index (κ2) is 8.31. The number of carbonyl (C=O) groups is 2. The summed E-state index contributed by atoms with van der Waals surface area (Å²) in [5.41, 5.74) is 2.60. The van der Waals surface area contributed by atoms with Gasteiger partial charge in [-0.2, -0.15) is 0 Å².